The second-order valence-electron chi connectivity index (χ2n) is 2.12. The van der Waals surface area contributed by atoms with Gasteiger partial charge in [-0.3, -0.25) is 0 Å². The lowest BCUT2D eigenvalue weighted by atomic mass is 10.2. The topological polar surface area (TPSA) is 63.3 Å². The summed E-state index contributed by atoms with van der Waals surface area (Å²) in [6.07, 6.45) is 0. The van der Waals surface area contributed by atoms with Gasteiger partial charge < -0.3 is 10.8 Å². The molecule has 1 aromatic carbocycles. The lowest BCUT2D eigenvalue weighted by Crippen LogP contribution is -2.03. The molecular weight excluding hydrogens is 201 g/mol. The Morgan fingerprint density at radius 1 is 1.33 bits per heavy atom. The number of hydrogen-bond acceptors (Lipinski definition) is 2. The Morgan fingerprint density at radius 3 is 2.25 bits per heavy atom. The van der Waals surface area contributed by atoms with Crippen molar-refractivity contribution in [1.29, 1.82) is 0 Å². The number of benzene rings is 1. The molecule has 0 atom stereocenters. The maximum atomic E-state index is 10.6. The third-order valence-electron chi connectivity index (χ3n) is 1.36. The summed E-state index contributed by atoms with van der Waals surface area (Å²) in [5.74, 6) is -1.18. The highest BCUT2D eigenvalue weighted by molar-refractivity contribution is 6.38. The summed E-state index contributed by atoms with van der Waals surface area (Å²) in [4.78, 5) is 10.6. The summed E-state index contributed by atoms with van der Waals surface area (Å²) < 4.78 is 0. The van der Waals surface area contributed by atoms with Crippen LogP contribution in [0.4, 0.5) is 5.69 Å². The van der Waals surface area contributed by atoms with Gasteiger partial charge in [-0.05, 0) is 12.1 Å². The van der Waals surface area contributed by atoms with Crippen LogP contribution in [0.1, 0.15) is 10.4 Å². The Kier molecular flexibility index (Phi) is 2.45. The van der Waals surface area contributed by atoms with Crippen LogP contribution in [0.3, 0.4) is 0 Å². The number of nitrogen functional groups attached to an aromatic ring is 1. The predicted octanol–water partition coefficient (Wildman–Crippen LogP) is 2.27. The van der Waals surface area contributed by atoms with E-state index in [0.717, 1.165) is 0 Å². The number of carboxylic acids is 1. The van der Waals surface area contributed by atoms with Crippen LogP contribution in [0.25, 0.3) is 0 Å². The van der Waals surface area contributed by atoms with Gasteiger partial charge in [0.15, 0.2) is 0 Å². The van der Waals surface area contributed by atoms with E-state index in [1.807, 2.05) is 0 Å². The van der Waals surface area contributed by atoms with Crippen molar-refractivity contribution >= 4 is 34.9 Å². The quantitative estimate of drug-likeness (QED) is 0.692. The highest BCUT2D eigenvalue weighted by Gasteiger charge is 2.14. The molecule has 0 saturated heterocycles. The van der Waals surface area contributed by atoms with E-state index in [9.17, 15) is 4.79 Å². The number of carboxylic acid groups (broad SMARTS) is 1. The monoisotopic (exact) mass is 205 g/mol. The zero-order chi connectivity index (χ0) is 9.30. The van der Waals surface area contributed by atoms with Gasteiger partial charge in [0, 0.05) is 0 Å². The van der Waals surface area contributed by atoms with Gasteiger partial charge in [0.2, 0.25) is 0 Å². The number of carbonyl (C=O) groups is 1. The van der Waals surface area contributed by atoms with Gasteiger partial charge in [-0.25, -0.2) is 4.79 Å². The first kappa shape index (κ1) is 9.16. The van der Waals surface area contributed by atoms with E-state index in [0.29, 0.717) is 0 Å². The van der Waals surface area contributed by atoms with Gasteiger partial charge in [-0.2, -0.15) is 0 Å². The van der Waals surface area contributed by atoms with Crippen molar-refractivity contribution < 1.29 is 9.90 Å². The van der Waals surface area contributed by atoms with Crippen LogP contribution in [-0.4, -0.2) is 11.1 Å². The Labute approximate surface area is 78.7 Å². The van der Waals surface area contributed by atoms with Crippen molar-refractivity contribution in [3.8, 4) is 0 Å². The van der Waals surface area contributed by atoms with Crippen LogP contribution in [0.5, 0.6) is 0 Å². The van der Waals surface area contributed by atoms with Crippen LogP contribution < -0.4 is 5.73 Å². The molecule has 3 nitrogen and oxygen atoms in total. The van der Waals surface area contributed by atoms with Gasteiger partial charge in [0.05, 0.1) is 15.7 Å². The number of anilines is 1. The molecule has 0 spiro atoms. The van der Waals surface area contributed by atoms with Crippen LogP contribution >= 0.6 is 23.2 Å². The fourth-order valence-corrected chi connectivity index (χ4v) is 1.19. The highest BCUT2D eigenvalue weighted by atomic mass is 35.5. The SMILES string of the molecule is Nc1c(Cl)ccc(Cl)c1C(=O)O. The van der Waals surface area contributed by atoms with E-state index in [1.165, 1.54) is 12.1 Å². The molecule has 0 unspecified atom stereocenters. The summed E-state index contributed by atoms with van der Waals surface area (Å²) in [7, 11) is 0. The average molecular weight is 206 g/mol. The molecule has 0 fully saturated rings. The maximum Gasteiger partial charge on any atom is 0.339 e. The molecule has 64 valence electrons. The van der Waals surface area contributed by atoms with Gasteiger partial charge >= 0.3 is 5.97 Å². The number of halogens is 2. The van der Waals surface area contributed by atoms with E-state index in [1.54, 1.807) is 0 Å². The van der Waals surface area contributed by atoms with Crippen molar-refractivity contribution in [1.82, 2.24) is 0 Å². The van der Waals surface area contributed by atoms with Gasteiger partial charge in [0.25, 0.3) is 0 Å². The smallest absolute Gasteiger partial charge is 0.339 e. The third kappa shape index (κ3) is 1.47. The molecule has 0 bridgehead atoms. The largest absolute Gasteiger partial charge is 0.478 e. The summed E-state index contributed by atoms with van der Waals surface area (Å²) in [6.45, 7) is 0. The molecule has 1 rings (SSSR count). The standard InChI is InChI=1S/C7H5Cl2NO2/c8-3-1-2-4(9)6(10)5(3)7(11)12/h1-2H,10H2,(H,11,12). The van der Waals surface area contributed by atoms with E-state index in [-0.39, 0.29) is 21.3 Å². The van der Waals surface area contributed by atoms with Crippen molar-refractivity contribution in [2.24, 2.45) is 0 Å². The summed E-state index contributed by atoms with van der Waals surface area (Å²) >= 11 is 11.2. The average Bonchev–Trinajstić information content (AvgIpc) is 1.97. The van der Waals surface area contributed by atoms with Crippen LogP contribution in [0.2, 0.25) is 10.0 Å². The fraction of sp³-hybridized carbons (Fsp3) is 0. The van der Waals surface area contributed by atoms with Crippen LogP contribution in [0, 0.1) is 0 Å². The Morgan fingerprint density at radius 2 is 1.83 bits per heavy atom. The molecule has 12 heavy (non-hydrogen) atoms. The van der Waals surface area contributed by atoms with E-state index in [4.69, 9.17) is 34.0 Å². The fourth-order valence-electron chi connectivity index (χ4n) is 0.785. The Bertz CT molecular complexity index is 338. The predicted molar refractivity (Wildman–Crippen MR) is 47.8 cm³/mol. The molecule has 0 aliphatic carbocycles. The zero-order valence-electron chi connectivity index (χ0n) is 5.84. The lowest BCUT2D eigenvalue weighted by Gasteiger charge is -2.03. The molecule has 5 heteroatoms. The molecule has 0 heterocycles. The van der Waals surface area contributed by atoms with E-state index < -0.39 is 5.97 Å². The summed E-state index contributed by atoms with van der Waals surface area (Å²) in [6, 6.07) is 2.84. The first-order valence-corrected chi connectivity index (χ1v) is 3.76. The van der Waals surface area contributed by atoms with Crippen molar-refractivity contribution in [3.05, 3.63) is 27.7 Å². The first-order chi connectivity index (χ1) is 5.54. The second kappa shape index (κ2) is 3.21. The number of hydrogen-bond donors (Lipinski definition) is 2. The van der Waals surface area contributed by atoms with Crippen LogP contribution in [0.15, 0.2) is 12.1 Å². The van der Waals surface area contributed by atoms with Gasteiger partial charge in [-0.1, -0.05) is 23.2 Å². The molecule has 0 aromatic heterocycles. The maximum absolute atomic E-state index is 10.6. The molecule has 1 aromatic rings. The molecular formula is C7H5Cl2NO2. The minimum absolute atomic E-state index is 0.00309. The van der Waals surface area contributed by atoms with Gasteiger partial charge in [-0.15, -0.1) is 0 Å². The molecule has 0 saturated carbocycles. The normalized spacial score (nSPS) is 9.83. The highest BCUT2D eigenvalue weighted by Crippen LogP contribution is 2.28. The van der Waals surface area contributed by atoms with Crippen molar-refractivity contribution in [3.63, 3.8) is 0 Å². The Hall–Kier alpha value is -0.930. The molecule has 0 amide bonds. The lowest BCUT2D eigenvalue weighted by molar-refractivity contribution is 0.0698. The van der Waals surface area contributed by atoms with Crippen molar-refractivity contribution in [2.75, 3.05) is 5.73 Å². The zero-order valence-corrected chi connectivity index (χ0v) is 7.36. The third-order valence-corrected chi connectivity index (χ3v) is 2.00. The summed E-state index contributed by atoms with van der Waals surface area (Å²) in [5, 5.41) is 8.93. The molecule has 3 N–H and O–H groups in total. The molecule has 0 radical (unpaired) electrons. The van der Waals surface area contributed by atoms with E-state index in [2.05, 4.69) is 0 Å². The van der Waals surface area contributed by atoms with E-state index >= 15 is 0 Å². The first-order valence-electron chi connectivity index (χ1n) is 3.01. The van der Waals surface area contributed by atoms with Crippen molar-refractivity contribution in [2.45, 2.75) is 0 Å². The van der Waals surface area contributed by atoms with Gasteiger partial charge in [0.1, 0.15) is 5.56 Å². The summed E-state index contributed by atoms with van der Waals surface area (Å²) in [5.41, 5.74) is 5.24. The number of nitrogens with two attached hydrogens (primary N) is 1. The van der Waals surface area contributed by atoms with Crippen LogP contribution in [-0.2, 0) is 0 Å². The number of aromatic carboxylic acids is 1. The second-order valence-corrected chi connectivity index (χ2v) is 2.94. The Balaban J connectivity index is 3.43. The number of rotatable bonds is 1. The molecule has 0 aliphatic heterocycles. The minimum atomic E-state index is -1.18. The molecule has 0 aliphatic rings. The minimum Gasteiger partial charge on any atom is -0.478 e.